The Kier molecular flexibility index (Phi) is 4.60. The van der Waals surface area contributed by atoms with Crippen molar-refractivity contribution in [3.63, 3.8) is 0 Å². The van der Waals surface area contributed by atoms with Gasteiger partial charge in [-0.25, -0.2) is 0 Å². The number of hydrogen-bond acceptors (Lipinski definition) is 2. The molecule has 26 heavy (non-hydrogen) atoms. The highest BCUT2D eigenvalue weighted by atomic mass is 35.5. The number of anilines is 1. The van der Waals surface area contributed by atoms with Gasteiger partial charge >= 0.3 is 0 Å². The van der Waals surface area contributed by atoms with Crippen LogP contribution in [0.4, 0.5) is 5.69 Å². The molecule has 1 heterocycles. The number of amides is 1. The third-order valence-electron chi connectivity index (χ3n) is 5.05. The Morgan fingerprint density at radius 2 is 1.69 bits per heavy atom. The van der Waals surface area contributed by atoms with Crippen LogP contribution >= 0.6 is 23.2 Å². The van der Waals surface area contributed by atoms with Crippen molar-refractivity contribution in [1.82, 2.24) is 0 Å². The molecule has 1 aliphatic carbocycles. The molecule has 0 bridgehead atoms. The number of Topliss-reactive ketones (excluding diaryl/α,β-unsaturated/α-hetero) is 1. The number of ketones is 1. The summed E-state index contributed by atoms with van der Waals surface area (Å²) in [6, 6.07) is 14.9. The maximum Gasteiger partial charge on any atom is 0.232 e. The lowest BCUT2D eigenvalue weighted by molar-refractivity contribution is -0.119. The molecule has 1 atom stereocenters. The van der Waals surface area contributed by atoms with Gasteiger partial charge in [-0.1, -0.05) is 53.5 Å². The minimum absolute atomic E-state index is 0.0225. The zero-order valence-electron chi connectivity index (χ0n) is 14.0. The van der Waals surface area contributed by atoms with Gasteiger partial charge in [-0.15, -0.1) is 0 Å². The lowest BCUT2D eigenvalue weighted by Crippen LogP contribution is -2.40. The van der Waals surface area contributed by atoms with E-state index in [9.17, 15) is 9.59 Å². The second kappa shape index (κ2) is 6.90. The number of carbonyl (C=O) groups is 2. The van der Waals surface area contributed by atoms with Gasteiger partial charge in [-0.05, 0) is 36.6 Å². The van der Waals surface area contributed by atoms with Crippen LogP contribution in [-0.2, 0) is 9.59 Å². The molecule has 2 aliphatic rings. The number of allylic oxidation sites excluding steroid dienone is 2. The molecule has 0 aromatic heterocycles. The molecule has 2 aromatic rings. The Balaban J connectivity index is 1.90. The molecule has 0 radical (unpaired) electrons. The van der Waals surface area contributed by atoms with Crippen molar-refractivity contribution < 1.29 is 9.59 Å². The van der Waals surface area contributed by atoms with Crippen molar-refractivity contribution in [3.05, 3.63) is 75.4 Å². The summed E-state index contributed by atoms with van der Waals surface area (Å²) in [5.74, 6) is -0.261. The van der Waals surface area contributed by atoms with Crippen molar-refractivity contribution in [3.8, 4) is 0 Å². The Morgan fingerprint density at radius 3 is 2.46 bits per heavy atom. The van der Waals surface area contributed by atoms with Gasteiger partial charge in [0.25, 0.3) is 0 Å². The second-order valence-electron chi connectivity index (χ2n) is 6.60. The molecule has 5 heteroatoms. The zero-order chi connectivity index (χ0) is 18.3. The van der Waals surface area contributed by atoms with Crippen LogP contribution in [0.15, 0.2) is 59.8 Å². The molecule has 0 N–H and O–H groups in total. The molecule has 0 saturated heterocycles. The highest BCUT2D eigenvalue weighted by molar-refractivity contribution is 6.42. The highest BCUT2D eigenvalue weighted by Crippen LogP contribution is 2.45. The summed E-state index contributed by atoms with van der Waals surface area (Å²) in [6.07, 6.45) is 2.17. The average molecular weight is 386 g/mol. The Hall–Kier alpha value is -2.10. The molecule has 1 aliphatic heterocycles. The van der Waals surface area contributed by atoms with Gasteiger partial charge in [0.1, 0.15) is 0 Å². The van der Waals surface area contributed by atoms with Gasteiger partial charge in [-0.3, -0.25) is 14.5 Å². The highest BCUT2D eigenvalue weighted by Gasteiger charge is 2.40. The molecule has 0 saturated carbocycles. The molecule has 3 nitrogen and oxygen atoms in total. The van der Waals surface area contributed by atoms with Crippen molar-refractivity contribution in [1.29, 1.82) is 0 Å². The molecule has 4 rings (SSSR count). The van der Waals surface area contributed by atoms with E-state index in [4.69, 9.17) is 23.2 Å². The number of rotatable bonds is 2. The van der Waals surface area contributed by atoms with Crippen LogP contribution in [0.25, 0.3) is 0 Å². The maximum absolute atomic E-state index is 13.0. The minimum atomic E-state index is -0.337. The Bertz CT molecular complexity index is 921. The standard InChI is InChI=1S/C21H17Cl2NO2/c22-16-9-4-8-14(21(16)23)15-12-19(26)24(13-6-2-1-3-7-13)17-10-5-11-18(25)20(15)17/h1-4,6-9,15H,5,10-12H2/t15-/m0/s1. The van der Waals surface area contributed by atoms with E-state index in [1.165, 1.54) is 0 Å². The first kappa shape index (κ1) is 17.3. The summed E-state index contributed by atoms with van der Waals surface area (Å²) < 4.78 is 0. The lowest BCUT2D eigenvalue weighted by atomic mass is 9.77. The predicted octanol–water partition coefficient (Wildman–Crippen LogP) is 5.52. The number of hydrogen-bond donors (Lipinski definition) is 0. The van der Waals surface area contributed by atoms with Crippen LogP contribution in [0, 0.1) is 0 Å². The summed E-state index contributed by atoms with van der Waals surface area (Å²) in [6.45, 7) is 0. The molecular weight excluding hydrogens is 369 g/mol. The fraction of sp³-hybridized carbons (Fsp3) is 0.238. The number of halogens is 2. The molecule has 1 amide bonds. The average Bonchev–Trinajstić information content (AvgIpc) is 2.64. The van der Waals surface area contributed by atoms with Gasteiger partial charge in [-0.2, -0.15) is 0 Å². The maximum atomic E-state index is 13.0. The van der Waals surface area contributed by atoms with E-state index < -0.39 is 0 Å². The van der Waals surface area contributed by atoms with Crippen molar-refractivity contribution in [2.24, 2.45) is 0 Å². The Labute approximate surface area is 162 Å². The van der Waals surface area contributed by atoms with Crippen LogP contribution < -0.4 is 4.90 Å². The summed E-state index contributed by atoms with van der Waals surface area (Å²) >= 11 is 12.6. The van der Waals surface area contributed by atoms with Gasteiger partial charge in [0, 0.05) is 35.7 Å². The van der Waals surface area contributed by atoms with E-state index in [0.29, 0.717) is 28.5 Å². The largest absolute Gasteiger partial charge is 0.294 e. The van der Waals surface area contributed by atoms with E-state index in [1.54, 1.807) is 11.0 Å². The Morgan fingerprint density at radius 1 is 0.923 bits per heavy atom. The van der Waals surface area contributed by atoms with Gasteiger partial charge in [0.2, 0.25) is 5.91 Å². The molecule has 132 valence electrons. The van der Waals surface area contributed by atoms with E-state index in [-0.39, 0.29) is 24.0 Å². The van der Waals surface area contributed by atoms with Gasteiger partial charge in [0.05, 0.1) is 10.0 Å². The first-order valence-corrected chi connectivity index (χ1v) is 9.41. The number of benzene rings is 2. The lowest BCUT2D eigenvalue weighted by Gasteiger charge is -2.38. The first-order valence-electron chi connectivity index (χ1n) is 8.66. The first-order chi connectivity index (χ1) is 12.6. The van der Waals surface area contributed by atoms with E-state index in [1.807, 2.05) is 42.5 Å². The van der Waals surface area contributed by atoms with Gasteiger partial charge < -0.3 is 0 Å². The van der Waals surface area contributed by atoms with Crippen LogP contribution in [0.2, 0.25) is 10.0 Å². The monoisotopic (exact) mass is 385 g/mol. The zero-order valence-corrected chi connectivity index (χ0v) is 15.6. The summed E-state index contributed by atoms with van der Waals surface area (Å²) in [5, 5.41) is 0.859. The molecule has 0 unspecified atom stereocenters. The minimum Gasteiger partial charge on any atom is -0.294 e. The molecule has 0 fully saturated rings. The topological polar surface area (TPSA) is 37.4 Å². The van der Waals surface area contributed by atoms with Gasteiger partial charge in [0.15, 0.2) is 5.78 Å². The van der Waals surface area contributed by atoms with Crippen molar-refractivity contribution in [2.45, 2.75) is 31.6 Å². The number of carbonyl (C=O) groups excluding carboxylic acids is 2. The quantitative estimate of drug-likeness (QED) is 0.682. The van der Waals surface area contributed by atoms with Crippen LogP contribution in [0.3, 0.4) is 0 Å². The summed E-state index contributed by atoms with van der Waals surface area (Å²) in [4.78, 5) is 27.6. The molecule has 2 aromatic carbocycles. The smallest absolute Gasteiger partial charge is 0.232 e. The molecular formula is C21H17Cl2NO2. The normalized spacial score (nSPS) is 20.4. The van der Waals surface area contributed by atoms with Crippen molar-refractivity contribution in [2.75, 3.05) is 4.90 Å². The van der Waals surface area contributed by atoms with Crippen LogP contribution in [0.5, 0.6) is 0 Å². The summed E-state index contributed by atoms with van der Waals surface area (Å²) in [7, 11) is 0. The summed E-state index contributed by atoms with van der Waals surface area (Å²) in [5.41, 5.74) is 3.08. The fourth-order valence-electron chi connectivity index (χ4n) is 3.92. The van der Waals surface area contributed by atoms with Crippen LogP contribution in [-0.4, -0.2) is 11.7 Å². The second-order valence-corrected chi connectivity index (χ2v) is 7.39. The van der Waals surface area contributed by atoms with Crippen molar-refractivity contribution >= 4 is 40.6 Å². The molecule has 0 spiro atoms. The van der Waals surface area contributed by atoms with E-state index in [2.05, 4.69) is 0 Å². The van der Waals surface area contributed by atoms with Crippen LogP contribution in [0.1, 0.15) is 37.2 Å². The van der Waals surface area contributed by atoms with E-state index >= 15 is 0 Å². The fourth-order valence-corrected chi connectivity index (χ4v) is 4.36. The SMILES string of the molecule is O=C1CCCC2=C1[C@H](c1cccc(Cl)c1Cl)CC(=O)N2c1ccccc1. The predicted molar refractivity (Wildman–Crippen MR) is 104 cm³/mol. The third kappa shape index (κ3) is 2.85. The van der Waals surface area contributed by atoms with E-state index in [0.717, 1.165) is 23.4 Å². The number of para-hydroxylation sites is 1. The number of nitrogens with zero attached hydrogens (tertiary/aromatic N) is 1. The third-order valence-corrected chi connectivity index (χ3v) is 5.88.